The molecule has 8 nitrogen and oxygen atoms in total. The molecule has 1 amide bonds. The largest absolute Gasteiger partial charge is 0.495 e. The second-order valence-electron chi connectivity index (χ2n) is 8.20. The van der Waals surface area contributed by atoms with Crippen molar-refractivity contribution in [2.24, 2.45) is 0 Å². The molecule has 0 radical (unpaired) electrons. The van der Waals surface area contributed by atoms with Crippen molar-refractivity contribution in [2.75, 3.05) is 33.3 Å². The highest BCUT2D eigenvalue weighted by molar-refractivity contribution is 7.89. The van der Waals surface area contributed by atoms with Gasteiger partial charge in [0.05, 0.1) is 12.8 Å². The summed E-state index contributed by atoms with van der Waals surface area (Å²) >= 11 is 0. The van der Waals surface area contributed by atoms with Gasteiger partial charge in [-0.3, -0.25) is 9.89 Å². The number of benzene rings is 1. The predicted molar refractivity (Wildman–Crippen MR) is 118 cm³/mol. The van der Waals surface area contributed by atoms with Gasteiger partial charge in [-0.1, -0.05) is 19.3 Å². The Bertz CT molecular complexity index is 1020. The number of amides is 1. The van der Waals surface area contributed by atoms with Gasteiger partial charge in [0, 0.05) is 31.7 Å². The monoisotopic (exact) mass is 446 g/mol. The van der Waals surface area contributed by atoms with Crippen molar-refractivity contribution in [3.63, 3.8) is 0 Å². The van der Waals surface area contributed by atoms with E-state index in [2.05, 4.69) is 10.2 Å². The number of hydrogen-bond acceptors (Lipinski definition) is 5. The van der Waals surface area contributed by atoms with Gasteiger partial charge in [-0.15, -0.1) is 0 Å². The molecule has 0 spiro atoms. The van der Waals surface area contributed by atoms with Crippen LogP contribution < -0.4 is 4.74 Å². The summed E-state index contributed by atoms with van der Waals surface area (Å²) in [7, 11) is -2.20. The number of piperidine rings is 1. The molecule has 1 N–H and O–H groups in total. The van der Waals surface area contributed by atoms with E-state index < -0.39 is 10.0 Å². The van der Waals surface area contributed by atoms with Gasteiger partial charge in [0.15, 0.2) is 0 Å². The minimum absolute atomic E-state index is 0.0599. The van der Waals surface area contributed by atoms with Gasteiger partial charge >= 0.3 is 0 Å². The maximum Gasteiger partial charge on any atom is 0.271 e. The lowest BCUT2D eigenvalue weighted by Crippen LogP contribution is -2.35. The topological polar surface area (TPSA) is 95.6 Å². The number of sulfonamides is 1. The van der Waals surface area contributed by atoms with E-state index in [1.54, 1.807) is 24.3 Å². The fraction of sp³-hybridized carbons (Fsp3) is 0.545. The molecule has 4 rings (SSSR count). The number of carbonyl (C=O) groups is 1. The minimum atomic E-state index is -3.67. The molecule has 0 unspecified atom stereocenters. The standard InChI is InChI=1S/C22H30N4O4S/c1-30-20-10-9-17(15-21(20)31(28,29)26-13-7-4-8-14-26)18-16-19(24-23-18)22(27)25-11-5-2-3-6-12-25/h9-10,15-16H,2-8,11-14H2,1H3,(H,23,24). The lowest BCUT2D eigenvalue weighted by Gasteiger charge is -2.26. The van der Waals surface area contributed by atoms with Crippen LogP contribution >= 0.6 is 0 Å². The van der Waals surface area contributed by atoms with E-state index in [1.807, 2.05) is 4.90 Å². The van der Waals surface area contributed by atoms with Crippen LogP contribution in [0.25, 0.3) is 11.3 Å². The van der Waals surface area contributed by atoms with E-state index in [-0.39, 0.29) is 10.8 Å². The molecule has 0 atom stereocenters. The van der Waals surface area contributed by atoms with Crippen molar-refractivity contribution in [1.29, 1.82) is 0 Å². The van der Waals surface area contributed by atoms with Crippen molar-refractivity contribution in [3.8, 4) is 17.0 Å². The molecule has 0 saturated carbocycles. The first kappa shape index (κ1) is 21.8. The highest BCUT2D eigenvalue weighted by Crippen LogP contribution is 2.32. The van der Waals surface area contributed by atoms with Gasteiger partial charge in [0.2, 0.25) is 10.0 Å². The normalized spacial score (nSPS) is 18.5. The van der Waals surface area contributed by atoms with Crippen LogP contribution in [0.4, 0.5) is 0 Å². The number of nitrogens with one attached hydrogen (secondary N) is 1. The number of carbonyl (C=O) groups excluding carboxylic acids is 1. The van der Waals surface area contributed by atoms with Gasteiger partial charge in [-0.2, -0.15) is 9.40 Å². The number of H-pyrrole nitrogens is 1. The van der Waals surface area contributed by atoms with Crippen molar-refractivity contribution in [3.05, 3.63) is 30.0 Å². The highest BCUT2D eigenvalue weighted by Gasteiger charge is 2.29. The van der Waals surface area contributed by atoms with Gasteiger partial charge in [-0.05, 0) is 49.9 Å². The maximum absolute atomic E-state index is 13.3. The van der Waals surface area contributed by atoms with Crippen molar-refractivity contribution < 1.29 is 17.9 Å². The van der Waals surface area contributed by atoms with E-state index in [9.17, 15) is 13.2 Å². The molecule has 0 aliphatic carbocycles. The Labute approximate surface area is 183 Å². The lowest BCUT2D eigenvalue weighted by molar-refractivity contribution is 0.0755. The summed E-state index contributed by atoms with van der Waals surface area (Å²) in [4.78, 5) is 14.9. The van der Waals surface area contributed by atoms with Gasteiger partial charge in [0.1, 0.15) is 16.3 Å². The second kappa shape index (κ2) is 9.40. The van der Waals surface area contributed by atoms with E-state index >= 15 is 0 Å². The van der Waals surface area contributed by atoms with Crippen LogP contribution in [0.5, 0.6) is 5.75 Å². The van der Waals surface area contributed by atoms with E-state index in [4.69, 9.17) is 4.74 Å². The number of nitrogens with zero attached hydrogens (tertiary/aromatic N) is 3. The highest BCUT2D eigenvalue weighted by atomic mass is 32.2. The predicted octanol–water partition coefficient (Wildman–Crippen LogP) is 3.28. The summed E-state index contributed by atoms with van der Waals surface area (Å²) < 4.78 is 33.4. The summed E-state index contributed by atoms with van der Waals surface area (Å²) in [5.74, 6) is 0.251. The molecule has 2 aliphatic rings. The van der Waals surface area contributed by atoms with Crippen LogP contribution in [0.2, 0.25) is 0 Å². The molecular weight excluding hydrogens is 416 g/mol. The molecule has 31 heavy (non-hydrogen) atoms. The SMILES string of the molecule is COc1ccc(-c2cc(C(=O)N3CCCCCC3)[nH]n2)cc1S(=O)(=O)N1CCCCC1. The van der Waals surface area contributed by atoms with Crippen molar-refractivity contribution in [1.82, 2.24) is 19.4 Å². The molecule has 2 saturated heterocycles. The average molecular weight is 447 g/mol. The van der Waals surface area contributed by atoms with Crippen LogP contribution in [0, 0.1) is 0 Å². The lowest BCUT2D eigenvalue weighted by atomic mass is 10.1. The third kappa shape index (κ3) is 4.62. The van der Waals surface area contributed by atoms with Crippen LogP contribution in [-0.2, 0) is 10.0 Å². The van der Waals surface area contributed by atoms with E-state index in [0.29, 0.717) is 35.8 Å². The molecule has 168 valence electrons. The number of aromatic nitrogens is 2. The molecule has 2 fully saturated rings. The summed E-state index contributed by atoms with van der Waals surface area (Å²) in [5.41, 5.74) is 1.59. The maximum atomic E-state index is 13.3. The van der Waals surface area contributed by atoms with E-state index in [0.717, 1.165) is 58.0 Å². The fourth-order valence-corrected chi connectivity index (χ4v) is 6.00. The summed E-state index contributed by atoms with van der Waals surface area (Å²) in [6, 6.07) is 6.72. The molecule has 3 heterocycles. The third-order valence-corrected chi connectivity index (χ3v) is 8.01. The zero-order valence-corrected chi connectivity index (χ0v) is 18.8. The summed E-state index contributed by atoms with van der Waals surface area (Å²) in [6.45, 7) is 2.56. The number of rotatable bonds is 5. The number of ether oxygens (including phenoxy) is 1. The smallest absolute Gasteiger partial charge is 0.271 e. The second-order valence-corrected chi connectivity index (χ2v) is 10.1. The quantitative estimate of drug-likeness (QED) is 0.760. The molecule has 9 heteroatoms. The Morgan fingerprint density at radius 2 is 1.61 bits per heavy atom. The first-order chi connectivity index (χ1) is 15.0. The molecule has 1 aromatic carbocycles. The van der Waals surface area contributed by atoms with E-state index in [1.165, 1.54) is 11.4 Å². The molecular formula is C22H30N4O4S. The number of methoxy groups -OCH3 is 1. The Morgan fingerprint density at radius 1 is 0.968 bits per heavy atom. The summed E-state index contributed by atoms with van der Waals surface area (Å²) in [5, 5.41) is 7.13. The fourth-order valence-electron chi connectivity index (χ4n) is 4.31. The number of hydrogen-bond donors (Lipinski definition) is 1. The van der Waals surface area contributed by atoms with Crippen molar-refractivity contribution >= 4 is 15.9 Å². The Hall–Kier alpha value is -2.39. The molecule has 1 aromatic heterocycles. The zero-order chi connectivity index (χ0) is 21.8. The van der Waals surface area contributed by atoms with Crippen molar-refractivity contribution in [2.45, 2.75) is 49.8 Å². The Kier molecular flexibility index (Phi) is 6.62. The van der Waals surface area contributed by atoms with Gasteiger partial charge in [-0.25, -0.2) is 8.42 Å². The molecule has 2 aliphatic heterocycles. The average Bonchev–Trinajstić information content (AvgIpc) is 3.14. The summed E-state index contributed by atoms with van der Waals surface area (Å²) in [6.07, 6.45) is 7.11. The zero-order valence-electron chi connectivity index (χ0n) is 18.0. The third-order valence-electron chi connectivity index (χ3n) is 6.09. The molecule has 2 aromatic rings. The van der Waals surface area contributed by atoms with Crippen LogP contribution in [0.15, 0.2) is 29.2 Å². The Balaban J connectivity index is 1.62. The number of likely N-dealkylation sites (tertiary alicyclic amines) is 1. The van der Waals surface area contributed by atoms with Gasteiger partial charge < -0.3 is 9.64 Å². The molecule has 0 bridgehead atoms. The van der Waals surface area contributed by atoms with Crippen LogP contribution in [0.3, 0.4) is 0 Å². The Morgan fingerprint density at radius 3 is 2.29 bits per heavy atom. The van der Waals surface area contributed by atoms with Crippen LogP contribution in [0.1, 0.15) is 55.4 Å². The number of aromatic amines is 1. The first-order valence-electron chi connectivity index (χ1n) is 11.0. The van der Waals surface area contributed by atoms with Gasteiger partial charge in [0.25, 0.3) is 5.91 Å². The van der Waals surface area contributed by atoms with Crippen LogP contribution in [-0.4, -0.2) is 67.0 Å². The minimum Gasteiger partial charge on any atom is -0.495 e. The first-order valence-corrected chi connectivity index (χ1v) is 12.5.